The number of anilines is 2. The summed E-state index contributed by atoms with van der Waals surface area (Å²) in [4.78, 5) is 29.2. The lowest BCUT2D eigenvalue weighted by Crippen LogP contribution is -2.48. The summed E-state index contributed by atoms with van der Waals surface area (Å²) in [7, 11) is 0. The number of unbranched alkanes of at least 4 members (excludes halogenated alkanes) is 4. The molecular weight excluding hydrogens is 374 g/mol. The highest BCUT2D eigenvalue weighted by Gasteiger charge is 2.22. The third kappa shape index (κ3) is 6.75. The van der Waals surface area contributed by atoms with E-state index in [1.807, 2.05) is 17.0 Å². The molecule has 2 aliphatic rings. The minimum absolute atomic E-state index is 0.171. The van der Waals surface area contributed by atoms with Gasteiger partial charge < -0.3 is 15.1 Å². The minimum atomic E-state index is 0.171. The zero-order valence-electron chi connectivity index (χ0n) is 18.7. The summed E-state index contributed by atoms with van der Waals surface area (Å²) in [6.07, 6.45) is 12.3. The first-order chi connectivity index (χ1) is 14.7. The molecule has 1 saturated heterocycles. The number of carbonyl (C=O) groups is 2. The molecule has 2 fully saturated rings. The standard InChI is InChI=1S/C25H39N3O2/c1-2-3-4-5-9-12-24(29)28-19-17-27(18-20-28)23-15-13-22(14-16-23)26-25(30)21-10-7-6-8-11-21/h13-16,21H,2-12,17-20H2,1H3,(H,26,30). The summed E-state index contributed by atoms with van der Waals surface area (Å²) in [5.41, 5.74) is 2.04. The van der Waals surface area contributed by atoms with Crippen LogP contribution in [-0.2, 0) is 9.59 Å². The van der Waals surface area contributed by atoms with Crippen LogP contribution in [0.3, 0.4) is 0 Å². The van der Waals surface area contributed by atoms with Crippen LogP contribution in [0.15, 0.2) is 24.3 Å². The van der Waals surface area contributed by atoms with Crippen LogP contribution in [0.25, 0.3) is 0 Å². The molecule has 166 valence electrons. The maximum absolute atomic E-state index is 12.4. The van der Waals surface area contributed by atoms with Crippen LogP contribution in [0.1, 0.15) is 77.6 Å². The van der Waals surface area contributed by atoms with E-state index in [0.717, 1.165) is 56.8 Å². The monoisotopic (exact) mass is 413 g/mol. The number of amides is 2. The van der Waals surface area contributed by atoms with Gasteiger partial charge in [-0.05, 0) is 43.5 Å². The molecule has 1 N–H and O–H groups in total. The largest absolute Gasteiger partial charge is 0.368 e. The van der Waals surface area contributed by atoms with E-state index in [2.05, 4.69) is 29.3 Å². The van der Waals surface area contributed by atoms with Crippen molar-refractivity contribution in [2.24, 2.45) is 5.92 Å². The van der Waals surface area contributed by atoms with Crippen LogP contribution in [0, 0.1) is 5.92 Å². The van der Waals surface area contributed by atoms with Gasteiger partial charge in [-0.25, -0.2) is 0 Å². The van der Waals surface area contributed by atoms with Gasteiger partial charge in [0.15, 0.2) is 0 Å². The summed E-state index contributed by atoms with van der Waals surface area (Å²) >= 11 is 0. The van der Waals surface area contributed by atoms with Crippen molar-refractivity contribution >= 4 is 23.2 Å². The molecule has 1 heterocycles. The van der Waals surface area contributed by atoms with Gasteiger partial charge >= 0.3 is 0 Å². The van der Waals surface area contributed by atoms with E-state index in [1.54, 1.807) is 0 Å². The van der Waals surface area contributed by atoms with Gasteiger partial charge in [-0.2, -0.15) is 0 Å². The fraction of sp³-hybridized carbons (Fsp3) is 0.680. The Morgan fingerprint density at radius 1 is 0.900 bits per heavy atom. The van der Waals surface area contributed by atoms with Gasteiger partial charge in [-0.3, -0.25) is 9.59 Å². The fourth-order valence-corrected chi connectivity index (χ4v) is 4.62. The van der Waals surface area contributed by atoms with Crippen molar-refractivity contribution in [3.63, 3.8) is 0 Å². The van der Waals surface area contributed by atoms with E-state index in [-0.39, 0.29) is 11.8 Å². The third-order valence-electron chi connectivity index (χ3n) is 6.60. The van der Waals surface area contributed by atoms with E-state index in [1.165, 1.54) is 44.9 Å². The number of hydrogen-bond acceptors (Lipinski definition) is 3. The van der Waals surface area contributed by atoms with Crippen molar-refractivity contribution in [3.8, 4) is 0 Å². The second kappa shape index (κ2) is 12.0. The molecule has 1 aromatic carbocycles. The molecule has 1 aliphatic carbocycles. The fourth-order valence-electron chi connectivity index (χ4n) is 4.62. The molecule has 2 amide bonds. The predicted octanol–water partition coefficient (Wildman–Crippen LogP) is 5.21. The molecule has 0 bridgehead atoms. The summed E-state index contributed by atoms with van der Waals surface area (Å²) in [5, 5.41) is 3.09. The lowest BCUT2D eigenvalue weighted by molar-refractivity contribution is -0.131. The SMILES string of the molecule is CCCCCCCC(=O)N1CCN(c2ccc(NC(=O)C3CCCCC3)cc2)CC1. The van der Waals surface area contributed by atoms with Gasteiger partial charge in [0.1, 0.15) is 0 Å². The van der Waals surface area contributed by atoms with Crippen molar-refractivity contribution < 1.29 is 9.59 Å². The minimum Gasteiger partial charge on any atom is -0.368 e. The van der Waals surface area contributed by atoms with Crippen LogP contribution in [-0.4, -0.2) is 42.9 Å². The molecule has 5 nitrogen and oxygen atoms in total. The van der Waals surface area contributed by atoms with Crippen LogP contribution in [0.5, 0.6) is 0 Å². The Hall–Kier alpha value is -2.04. The van der Waals surface area contributed by atoms with Gasteiger partial charge in [0.25, 0.3) is 0 Å². The second-order valence-corrected chi connectivity index (χ2v) is 8.90. The molecule has 0 aromatic heterocycles. The Morgan fingerprint density at radius 2 is 1.57 bits per heavy atom. The molecule has 3 rings (SSSR count). The first-order valence-electron chi connectivity index (χ1n) is 12.1. The zero-order valence-corrected chi connectivity index (χ0v) is 18.7. The van der Waals surface area contributed by atoms with Crippen LogP contribution in [0.2, 0.25) is 0 Å². The van der Waals surface area contributed by atoms with Crippen molar-refractivity contribution in [1.82, 2.24) is 4.90 Å². The molecule has 30 heavy (non-hydrogen) atoms. The number of benzene rings is 1. The summed E-state index contributed by atoms with van der Waals surface area (Å²) in [6.45, 7) is 5.55. The van der Waals surface area contributed by atoms with Crippen LogP contribution in [0.4, 0.5) is 11.4 Å². The van der Waals surface area contributed by atoms with Crippen molar-refractivity contribution in [2.45, 2.75) is 77.6 Å². The average molecular weight is 414 g/mol. The van der Waals surface area contributed by atoms with Crippen LogP contribution >= 0.6 is 0 Å². The van der Waals surface area contributed by atoms with Gasteiger partial charge in [0.05, 0.1) is 0 Å². The Balaban J connectivity index is 1.40. The molecule has 0 spiro atoms. The molecule has 1 saturated carbocycles. The number of nitrogens with one attached hydrogen (secondary N) is 1. The van der Waals surface area contributed by atoms with Crippen molar-refractivity contribution in [2.75, 3.05) is 36.4 Å². The molecule has 1 aromatic rings. The number of nitrogens with zero attached hydrogens (tertiary/aromatic N) is 2. The molecule has 0 unspecified atom stereocenters. The molecule has 0 radical (unpaired) electrons. The topological polar surface area (TPSA) is 52.7 Å². The number of piperazine rings is 1. The highest BCUT2D eigenvalue weighted by molar-refractivity contribution is 5.92. The van der Waals surface area contributed by atoms with E-state index >= 15 is 0 Å². The molecule has 5 heteroatoms. The summed E-state index contributed by atoms with van der Waals surface area (Å²) in [6, 6.07) is 8.18. The predicted molar refractivity (Wildman–Crippen MR) is 124 cm³/mol. The van der Waals surface area contributed by atoms with Gasteiger partial charge in [-0.15, -0.1) is 0 Å². The first-order valence-corrected chi connectivity index (χ1v) is 12.1. The highest BCUT2D eigenvalue weighted by Crippen LogP contribution is 2.26. The lowest BCUT2D eigenvalue weighted by Gasteiger charge is -2.36. The van der Waals surface area contributed by atoms with E-state index in [9.17, 15) is 9.59 Å². The van der Waals surface area contributed by atoms with E-state index < -0.39 is 0 Å². The number of rotatable bonds is 9. The molecule has 0 atom stereocenters. The third-order valence-corrected chi connectivity index (χ3v) is 6.60. The second-order valence-electron chi connectivity index (χ2n) is 8.90. The highest BCUT2D eigenvalue weighted by atomic mass is 16.2. The summed E-state index contributed by atoms with van der Waals surface area (Å²) < 4.78 is 0. The number of hydrogen-bond donors (Lipinski definition) is 1. The maximum Gasteiger partial charge on any atom is 0.227 e. The first kappa shape index (κ1) is 22.6. The number of carbonyl (C=O) groups excluding carboxylic acids is 2. The summed E-state index contributed by atoms with van der Waals surface area (Å²) in [5.74, 6) is 0.659. The Kier molecular flexibility index (Phi) is 9.03. The van der Waals surface area contributed by atoms with Crippen molar-refractivity contribution in [3.05, 3.63) is 24.3 Å². The Bertz CT molecular complexity index is 659. The van der Waals surface area contributed by atoms with E-state index in [4.69, 9.17) is 0 Å². The van der Waals surface area contributed by atoms with Gasteiger partial charge in [0.2, 0.25) is 11.8 Å². The lowest BCUT2D eigenvalue weighted by atomic mass is 9.88. The normalized spacial score (nSPS) is 17.8. The maximum atomic E-state index is 12.4. The molecule has 1 aliphatic heterocycles. The Labute approximate surface area is 182 Å². The van der Waals surface area contributed by atoms with Crippen molar-refractivity contribution in [1.29, 1.82) is 0 Å². The molecular formula is C25H39N3O2. The van der Waals surface area contributed by atoms with Crippen LogP contribution < -0.4 is 10.2 Å². The smallest absolute Gasteiger partial charge is 0.227 e. The quantitative estimate of drug-likeness (QED) is 0.565. The van der Waals surface area contributed by atoms with E-state index in [0.29, 0.717) is 12.3 Å². The Morgan fingerprint density at radius 3 is 2.23 bits per heavy atom. The van der Waals surface area contributed by atoms with Gasteiger partial charge in [0, 0.05) is 49.9 Å². The average Bonchev–Trinajstić information content (AvgIpc) is 2.80. The van der Waals surface area contributed by atoms with Gasteiger partial charge in [-0.1, -0.05) is 51.9 Å². The zero-order chi connectivity index (χ0) is 21.2.